The van der Waals surface area contributed by atoms with Gasteiger partial charge < -0.3 is 15.7 Å². The van der Waals surface area contributed by atoms with Crippen molar-refractivity contribution >= 4 is 45.0 Å². The van der Waals surface area contributed by atoms with Crippen molar-refractivity contribution in [2.24, 2.45) is 0 Å². The van der Waals surface area contributed by atoms with Crippen molar-refractivity contribution in [1.29, 1.82) is 0 Å². The summed E-state index contributed by atoms with van der Waals surface area (Å²) in [5.74, 6) is -0.246. The highest BCUT2D eigenvalue weighted by Gasteiger charge is 2.42. The number of phenols is 1. The number of halogens is 2. The van der Waals surface area contributed by atoms with Crippen molar-refractivity contribution in [3.8, 4) is 5.75 Å². The van der Waals surface area contributed by atoms with Crippen molar-refractivity contribution in [3.63, 3.8) is 0 Å². The van der Waals surface area contributed by atoms with Gasteiger partial charge in [-0.1, -0.05) is 6.92 Å². The standard InChI is InChI=1S/C12H13Cl2N5O4S/c1-2-12(24(21,22)23,18-7-3-5-8(20)6-4-7)19-11-16-9(13)15-10(14)17-11/h3-6,18,20H,2H2,1H3,(H,21,22,23)(H,15,16,17,19). The minimum Gasteiger partial charge on any atom is -0.508 e. The number of phenolic OH excluding ortho intramolecular Hbond substituents is 1. The van der Waals surface area contributed by atoms with Crippen LogP contribution in [0.1, 0.15) is 13.3 Å². The summed E-state index contributed by atoms with van der Waals surface area (Å²) >= 11 is 11.3. The zero-order chi connectivity index (χ0) is 18.0. The van der Waals surface area contributed by atoms with Crippen LogP contribution in [0.25, 0.3) is 0 Å². The summed E-state index contributed by atoms with van der Waals surface area (Å²) in [5.41, 5.74) is 0.311. The summed E-state index contributed by atoms with van der Waals surface area (Å²) in [7, 11) is -4.68. The zero-order valence-corrected chi connectivity index (χ0v) is 14.6. The summed E-state index contributed by atoms with van der Waals surface area (Å²) in [6.45, 7) is 1.51. The van der Waals surface area contributed by atoms with Crippen molar-refractivity contribution in [2.45, 2.75) is 18.3 Å². The number of rotatable bonds is 6. The van der Waals surface area contributed by atoms with Gasteiger partial charge in [-0.2, -0.15) is 23.4 Å². The Kier molecular flexibility index (Phi) is 5.33. The smallest absolute Gasteiger partial charge is 0.308 e. The third-order valence-electron chi connectivity index (χ3n) is 3.05. The van der Waals surface area contributed by atoms with Crippen molar-refractivity contribution in [3.05, 3.63) is 34.8 Å². The lowest BCUT2D eigenvalue weighted by molar-refractivity contribution is 0.443. The summed E-state index contributed by atoms with van der Waals surface area (Å²) < 4.78 is 33.7. The predicted octanol–water partition coefficient (Wildman–Crippen LogP) is 2.36. The summed E-state index contributed by atoms with van der Waals surface area (Å²) in [5, 5.41) is 13.9. The van der Waals surface area contributed by atoms with Crippen LogP contribution in [0.4, 0.5) is 11.6 Å². The average Bonchev–Trinajstić information content (AvgIpc) is 2.46. The number of hydrogen-bond acceptors (Lipinski definition) is 8. The third-order valence-corrected chi connectivity index (χ3v) is 4.76. The van der Waals surface area contributed by atoms with E-state index < -0.39 is 15.1 Å². The van der Waals surface area contributed by atoms with Gasteiger partial charge in [0.1, 0.15) is 5.75 Å². The van der Waals surface area contributed by atoms with E-state index in [1.54, 1.807) is 0 Å². The Hall–Kier alpha value is -1.88. The maximum atomic E-state index is 12.0. The van der Waals surface area contributed by atoms with Gasteiger partial charge in [-0.25, -0.2) is 0 Å². The molecule has 1 atom stereocenters. The summed E-state index contributed by atoms with van der Waals surface area (Å²) in [6.07, 6.45) is -0.117. The molecular weight excluding hydrogens is 381 g/mol. The summed E-state index contributed by atoms with van der Waals surface area (Å²) in [6, 6.07) is 5.56. The van der Waals surface area contributed by atoms with Crippen LogP contribution in [0.2, 0.25) is 10.6 Å². The van der Waals surface area contributed by atoms with E-state index in [9.17, 15) is 18.1 Å². The van der Waals surface area contributed by atoms with E-state index in [1.807, 2.05) is 0 Å². The molecule has 12 heteroatoms. The van der Waals surface area contributed by atoms with Crippen LogP contribution in [-0.4, -0.2) is 38.0 Å². The highest BCUT2D eigenvalue weighted by molar-refractivity contribution is 7.87. The van der Waals surface area contributed by atoms with Gasteiger partial charge in [0.15, 0.2) is 0 Å². The molecule has 1 aromatic heterocycles. The van der Waals surface area contributed by atoms with Gasteiger partial charge in [-0.05, 0) is 47.5 Å². The first-order chi connectivity index (χ1) is 11.1. The Bertz CT molecular complexity index is 814. The Balaban J connectivity index is 2.45. The van der Waals surface area contributed by atoms with E-state index in [4.69, 9.17) is 23.2 Å². The van der Waals surface area contributed by atoms with Gasteiger partial charge in [0.25, 0.3) is 0 Å². The first-order valence-electron chi connectivity index (χ1n) is 6.55. The molecule has 0 saturated heterocycles. The van der Waals surface area contributed by atoms with Crippen LogP contribution in [-0.2, 0) is 10.1 Å². The molecule has 0 bridgehead atoms. The van der Waals surface area contributed by atoms with Crippen LogP contribution in [0.3, 0.4) is 0 Å². The molecule has 1 heterocycles. The van der Waals surface area contributed by atoms with Gasteiger partial charge >= 0.3 is 10.1 Å². The number of hydrogen-bond donors (Lipinski definition) is 4. The monoisotopic (exact) mass is 393 g/mol. The Morgan fingerprint density at radius 1 is 1.08 bits per heavy atom. The number of nitrogens with zero attached hydrogens (tertiary/aromatic N) is 3. The largest absolute Gasteiger partial charge is 0.508 e. The van der Waals surface area contributed by atoms with Crippen LogP contribution in [0.15, 0.2) is 24.3 Å². The lowest BCUT2D eigenvalue weighted by Gasteiger charge is -2.32. The molecule has 4 N–H and O–H groups in total. The highest BCUT2D eigenvalue weighted by Crippen LogP contribution is 2.27. The molecule has 0 aliphatic carbocycles. The number of aromatic hydroxyl groups is 1. The van der Waals surface area contributed by atoms with E-state index in [0.717, 1.165) is 0 Å². The highest BCUT2D eigenvalue weighted by atomic mass is 35.5. The maximum Gasteiger partial charge on any atom is 0.308 e. The molecule has 1 aromatic carbocycles. The average molecular weight is 394 g/mol. The second kappa shape index (κ2) is 6.93. The maximum absolute atomic E-state index is 12.0. The molecule has 0 aliphatic rings. The summed E-state index contributed by atoms with van der Waals surface area (Å²) in [4.78, 5) is 8.95. The number of nitrogens with one attached hydrogen (secondary N) is 2. The molecule has 2 aromatic rings. The molecule has 0 fully saturated rings. The van der Waals surface area contributed by atoms with Crippen molar-refractivity contribution in [1.82, 2.24) is 15.0 Å². The van der Waals surface area contributed by atoms with Crippen LogP contribution < -0.4 is 10.6 Å². The lowest BCUT2D eigenvalue weighted by Crippen LogP contribution is -2.52. The second-order valence-electron chi connectivity index (χ2n) is 4.65. The van der Waals surface area contributed by atoms with E-state index in [1.165, 1.54) is 31.2 Å². The lowest BCUT2D eigenvalue weighted by atomic mass is 10.2. The van der Waals surface area contributed by atoms with Crippen molar-refractivity contribution in [2.75, 3.05) is 10.6 Å². The minimum atomic E-state index is -4.68. The molecule has 0 spiro atoms. The van der Waals surface area contributed by atoms with Gasteiger partial charge in [0, 0.05) is 12.1 Å². The van der Waals surface area contributed by atoms with Gasteiger partial charge in [-0.15, -0.1) is 0 Å². The first-order valence-corrected chi connectivity index (χ1v) is 8.74. The van der Waals surface area contributed by atoms with Crippen LogP contribution in [0, 0.1) is 0 Å². The van der Waals surface area contributed by atoms with E-state index >= 15 is 0 Å². The van der Waals surface area contributed by atoms with E-state index in [0.29, 0.717) is 5.69 Å². The van der Waals surface area contributed by atoms with Gasteiger partial charge in [-0.3, -0.25) is 4.55 Å². The third kappa shape index (κ3) is 4.15. The molecule has 0 saturated carbocycles. The zero-order valence-electron chi connectivity index (χ0n) is 12.2. The van der Waals surface area contributed by atoms with Gasteiger partial charge in [0.2, 0.25) is 21.5 Å². The Morgan fingerprint density at radius 2 is 1.62 bits per heavy atom. The minimum absolute atomic E-state index is 0.00139. The number of aromatic nitrogens is 3. The van der Waals surface area contributed by atoms with Crippen LogP contribution >= 0.6 is 23.2 Å². The van der Waals surface area contributed by atoms with Crippen molar-refractivity contribution < 1.29 is 18.1 Å². The normalized spacial score (nSPS) is 14.0. The van der Waals surface area contributed by atoms with E-state index in [2.05, 4.69) is 25.6 Å². The molecule has 0 radical (unpaired) electrons. The van der Waals surface area contributed by atoms with E-state index in [-0.39, 0.29) is 28.7 Å². The quantitative estimate of drug-likeness (QED) is 0.330. The molecule has 0 amide bonds. The first kappa shape index (κ1) is 18.5. The Labute approximate surface area is 147 Å². The fourth-order valence-corrected chi connectivity index (χ4v) is 3.06. The SMILES string of the molecule is CCC(Nc1ccc(O)cc1)(Nc1nc(Cl)nc(Cl)n1)S(=O)(=O)O. The number of benzene rings is 1. The predicted molar refractivity (Wildman–Crippen MR) is 89.8 cm³/mol. The molecule has 0 aliphatic heterocycles. The molecule has 24 heavy (non-hydrogen) atoms. The Morgan fingerprint density at radius 3 is 2.08 bits per heavy atom. The molecular formula is C12H13Cl2N5O4S. The fourth-order valence-electron chi connectivity index (χ4n) is 1.86. The van der Waals surface area contributed by atoms with Crippen LogP contribution in [0.5, 0.6) is 5.75 Å². The molecule has 9 nitrogen and oxygen atoms in total. The topological polar surface area (TPSA) is 137 Å². The molecule has 2 rings (SSSR count). The second-order valence-corrected chi connectivity index (χ2v) is 6.97. The molecule has 1 unspecified atom stereocenters. The molecule has 130 valence electrons. The fraction of sp³-hybridized carbons (Fsp3) is 0.250. The number of anilines is 2. The van der Waals surface area contributed by atoms with Gasteiger partial charge in [0.05, 0.1) is 0 Å².